The molecule has 13 heavy (non-hydrogen) atoms. The van der Waals surface area contributed by atoms with Crippen LogP contribution in [0, 0.1) is 0 Å². The SMILES string of the molecule is CSC1C(=O)Nc2c(Cl)cccc21. The second-order valence-corrected chi connectivity index (χ2v) is 4.16. The number of nitrogens with one attached hydrogen (secondary N) is 1. The van der Waals surface area contributed by atoms with E-state index in [0.717, 1.165) is 11.3 Å². The predicted molar refractivity (Wildman–Crippen MR) is 56.3 cm³/mol. The average molecular weight is 214 g/mol. The third-order valence-corrected chi connectivity index (χ3v) is 3.30. The predicted octanol–water partition coefficient (Wildman–Crippen LogP) is 2.70. The van der Waals surface area contributed by atoms with E-state index in [2.05, 4.69) is 5.32 Å². The zero-order chi connectivity index (χ0) is 9.42. The summed E-state index contributed by atoms with van der Waals surface area (Å²) >= 11 is 7.45. The van der Waals surface area contributed by atoms with Crippen molar-refractivity contribution in [2.45, 2.75) is 5.25 Å². The van der Waals surface area contributed by atoms with Gasteiger partial charge in [-0.2, -0.15) is 0 Å². The minimum Gasteiger partial charge on any atom is -0.323 e. The molecule has 0 saturated heterocycles. The lowest BCUT2D eigenvalue weighted by Gasteiger charge is -2.03. The maximum absolute atomic E-state index is 11.4. The number of halogens is 1. The van der Waals surface area contributed by atoms with Gasteiger partial charge in [0.2, 0.25) is 5.91 Å². The van der Waals surface area contributed by atoms with Crippen LogP contribution in [0.4, 0.5) is 5.69 Å². The van der Waals surface area contributed by atoms with Crippen molar-refractivity contribution >= 4 is 35.0 Å². The van der Waals surface area contributed by atoms with Gasteiger partial charge in [0, 0.05) is 0 Å². The molecule has 1 atom stereocenters. The van der Waals surface area contributed by atoms with Gasteiger partial charge in [0.15, 0.2) is 0 Å². The number of para-hydroxylation sites is 1. The third kappa shape index (κ3) is 1.32. The lowest BCUT2D eigenvalue weighted by atomic mass is 10.1. The molecule has 0 radical (unpaired) electrons. The summed E-state index contributed by atoms with van der Waals surface area (Å²) in [5, 5.41) is 3.29. The standard InChI is InChI=1S/C9H8ClNOS/c1-13-8-5-3-2-4-6(10)7(5)11-9(8)12/h2-4,8H,1H3,(H,11,12). The molecule has 2 nitrogen and oxygen atoms in total. The topological polar surface area (TPSA) is 29.1 Å². The van der Waals surface area contributed by atoms with Crippen LogP contribution in [0.3, 0.4) is 0 Å². The number of hydrogen-bond donors (Lipinski definition) is 1. The zero-order valence-electron chi connectivity index (χ0n) is 7.00. The molecule has 4 heteroatoms. The number of amides is 1. The van der Waals surface area contributed by atoms with Gasteiger partial charge >= 0.3 is 0 Å². The Kier molecular flexibility index (Phi) is 2.22. The van der Waals surface area contributed by atoms with Crippen molar-refractivity contribution < 1.29 is 4.79 Å². The first-order valence-corrected chi connectivity index (χ1v) is 5.52. The molecule has 0 aliphatic carbocycles. The number of benzene rings is 1. The van der Waals surface area contributed by atoms with Crippen LogP contribution in [0.2, 0.25) is 5.02 Å². The highest BCUT2D eigenvalue weighted by Gasteiger charge is 2.30. The summed E-state index contributed by atoms with van der Waals surface area (Å²) in [6, 6.07) is 5.58. The second-order valence-electron chi connectivity index (χ2n) is 2.81. The largest absolute Gasteiger partial charge is 0.323 e. The molecular formula is C9H8ClNOS. The number of thioether (sulfide) groups is 1. The van der Waals surface area contributed by atoms with Crippen LogP contribution in [0.5, 0.6) is 0 Å². The third-order valence-electron chi connectivity index (χ3n) is 2.05. The quantitative estimate of drug-likeness (QED) is 0.777. The van der Waals surface area contributed by atoms with E-state index in [-0.39, 0.29) is 11.2 Å². The fraction of sp³-hybridized carbons (Fsp3) is 0.222. The molecule has 1 aliphatic heterocycles. The Balaban J connectivity index is 2.54. The highest BCUT2D eigenvalue weighted by molar-refractivity contribution is 7.99. The van der Waals surface area contributed by atoms with Gasteiger partial charge < -0.3 is 5.32 Å². The molecule has 1 aromatic rings. The molecular weight excluding hydrogens is 206 g/mol. The molecule has 68 valence electrons. The average Bonchev–Trinajstić information content (AvgIpc) is 2.43. The number of rotatable bonds is 1. The van der Waals surface area contributed by atoms with Gasteiger partial charge in [-0.1, -0.05) is 23.7 Å². The van der Waals surface area contributed by atoms with Crippen LogP contribution in [-0.2, 0) is 4.79 Å². The summed E-state index contributed by atoms with van der Waals surface area (Å²) in [6.07, 6.45) is 1.92. The number of carbonyl (C=O) groups is 1. The van der Waals surface area contributed by atoms with Gasteiger partial charge in [0.25, 0.3) is 0 Å². The monoisotopic (exact) mass is 213 g/mol. The molecule has 2 rings (SSSR count). The van der Waals surface area contributed by atoms with Crippen LogP contribution in [0.1, 0.15) is 10.8 Å². The molecule has 0 bridgehead atoms. The Bertz CT molecular complexity index is 367. The first kappa shape index (κ1) is 8.91. The van der Waals surface area contributed by atoms with Crippen LogP contribution in [-0.4, -0.2) is 12.2 Å². The van der Waals surface area contributed by atoms with Crippen molar-refractivity contribution in [2.75, 3.05) is 11.6 Å². The Morgan fingerprint density at radius 3 is 3.00 bits per heavy atom. The van der Waals surface area contributed by atoms with Crippen molar-refractivity contribution in [3.05, 3.63) is 28.8 Å². The van der Waals surface area contributed by atoms with E-state index in [9.17, 15) is 4.79 Å². The van der Waals surface area contributed by atoms with E-state index in [1.807, 2.05) is 18.4 Å². The van der Waals surface area contributed by atoms with Gasteiger partial charge in [-0.15, -0.1) is 11.8 Å². The highest BCUT2D eigenvalue weighted by Crippen LogP contribution is 2.41. The fourth-order valence-corrected chi connectivity index (χ4v) is 2.41. The van der Waals surface area contributed by atoms with E-state index >= 15 is 0 Å². The van der Waals surface area contributed by atoms with Gasteiger partial charge in [0.1, 0.15) is 5.25 Å². The molecule has 1 aromatic carbocycles. The molecule has 1 amide bonds. The van der Waals surface area contributed by atoms with Crippen LogP contribution >= 0.6 is 23.4 Å². The Morgan fingerprint density at radius 1 is 1.54 bits per heavy atom. The maximum atomic E-state index is 11.4. The number of carbonyl (C=O) groups excluding carboxylic acids is 1. The molecule has 1 heterocycles. The van der Waals surface area contributed by atoms with Gasteiger partial charge in [0.05, 0.1) is 10.7 Å². The van der Waals surface area contributed by atoms with Crippen molar-refractivity contribution in [2.24, 2.45) is 0 Å². The van der Waals surface area contributed by atoms with E-state index in [0.29, 0.717) is 5.02 Å². The van der Waals surface area contributed by atoms with E-state index in [4.69, 9.17) is 11.6 Å². The lowest BCUT2D eigenvalue weighted by Crippen LogP contribution is -2.08. The van der Waals surface area contributed by atoms with Crippen LogP contribution < -0.4 is 5.32 Å². The molecule has 0 aromatic heterocycles. The second kappa shape index (κ2) is 3.24. The van der Waals surface area contributed by atoms with E-state index in [1.165, 1.54) is 11.8 Å². The minimum absolute atomic E-state index is 0.0237. The molecule has 0 saturated carbocycles. The molecule has 1 unspecified atom stereocenters. The van der Waals surface area contributed by atoms with Gasteiger partial charge in [-0.05, 0) is 17.9 Å². The van der Waals surface area contributed by atoms with Crippen molar-refractivity contribution in [3.63, 3.8) is 0 Å². The zero-order valence-corrected chi connectivity index (χ0v) is 8.58. The highest BCUT2D eigenvalue weighted by atomic mass is 35.5. The summed E-state index contributed by atoms with van der Waals surface area (Å²) in [6.45, 7) is 0. The molecule has 0 fully saturated rings. The Labute approximate surface area is 85.7 Å². The summed E-state index contributed by atoms with van der Waals surface area (Å²) in [4.78, 5) is 11.4. The van der Waals surface area contributed by atoms with Crippen molar-refractivity contribution in [1.29, 1.82) is 0 Å². The van der Waals surface area contributed by atoms with Gasteiger partial charge in [-0.25, -0.2) is 0 Å². The summed E-state index contributed by atoms with van der Waals surface area (Å²) in [5.74, 6) is 0.0237. The van der Waals surface area contributed by atoms with E-state index in [1.54, 1.807) is 6.07 Å². The summed E-state index contributed by atoms with van der Waals surface area (Å²) < 4.78 is 0. The number of anilines is 1. The lowest BCUT2D eigenvalue weighted by molar-refractivity contribution is -0.115. The molecule has 1 N–H and O–H groups in total. The molecule has 1 aliphatic rings. The minimum atomic E-state index is -0.103. The van der Waals surface area contributed by atoms with Crippen molar-refractivity contribution in [1.82, 2.24) is 0 Å². The smallest absolute Gasteiger partial charge is 0.242 e. The van der Waals surface area contributed by atoms with Crippen LogP contribution in [0.15, 0.2) is 18.2 Å². The molecule has 0 spiro atoms. The van der Waals surface area contributed by atoms with E-state index < -0.39 is 0 Å². The van der Waals surface area contributed by atoms with Crippen LogP contribution in [0.25, 0.3) is 0 Å². The Hall–Kier alpha value is -0.670. The first-order valence-electron chi connectivity index (χ1n) is 3.86. The maximum Gasteiger partial charge on any atom is 0.242 e. The number of hydrogen-bond acceptors (Lipinski definition) is 2. The summed E-state index contributed by atoms with van der Waals surface area (Å²) in [7, 11) is 0. The normalized spacial score (nSPS) is 19.8. The van der Waals surface area contributed by atoms with Gasteiger partial charge in [-0.3, -0.25) is 4.79 Å². The fourth-order valence-electron chi connectivity index (χ4n) is 1.46. The van der Waals surface area contributed by atoms with Crippen molar-refractivity contribution in [3.8, 4) is 0 Å². The Morgan fingerprint density at radius 2 is 2.31 bits per heavy atom. The summed E-state index contributed by atoms with van der Waals surface area (Å²) in [5.41, 5.74) is 1.76. The number of fused-ring (bicyclic) bond motifs is 1. The first-order chi connectivity index (χ1) is 6.24.